The molecule has 8 heteroatoms. The topological polar surface area (TPSA) is 67.5 Å². The molecule has 5 nitrogen and oxygen atoms in total. The van der Waals surface area contributed by atoms with E-state index < -0.39 is 17.6 Å². The van der Waals surface area contributed by atoms with Crippen LogP contribution in [-0.4, -0.2) is 23.9 Å². The highest BCUT2D eigenvalue weighted by atomic mass is 19.4. The van der Waals surface area contributed by atoms with E-state index in [9.17, 15) is 23.3 Å². The maximum Gasteiger partial charge on any atom is 0.407 e. The molecule has 1 aromatic rings. The zero-order valence-electron chi connectivity index (χ0n) is 8.44. The Kier molecular flexibility index (Phi) is 4.02. The van der Waals surface area contributed by atoms with Gasteiger partial charge in [-0.25, -0.2) is 0 Å². The lowest BCUT2D eigenvalue weighted by Gasteiger charge is -2.03. The number of nitrogens with zero attached hydrogens (tertiary/aromatic N) is 2. The minimum atomic E-state index is -4.33. The van der Waals surface area contributed by atoms with Gasteiger partial charge in [-0.05, 0) is 17.7 Å². The fourth-order valence-corrected chi connectivity index (χ4v) is 0.938. The van der Waals surface area contributed by atoms with Crippen LogP contribution in [0.5, 0.6) is 0 Å². The zero-order chi connectivity index (χ0) is 12.9. The predicted molar refractivity (Wildman–Crippen MR) is 54.7 cm³/mol. The number of alkyl halides is 3. The molecule has 1 N–H and O–H groups in total. The van der Waals surface area contributed by atoms with Crippen molar-refractivity contribution in [3.63, 3.8) is 0 Å². The standard InChI is InChI=1S/C9H8F3N3O2/c10-9(11,12)6-14-13-5-7-1-3-8(4-2-7)15(16)17/h1-5,14H,6H2/b13-5-. The summed E-state index contributed by atoms with van der Waals surface area (Å²) in [5.74, 6) is 0. The fraction of sp³-hybridized carbons (Fsp3) is 0.222. The van der Waals surface area contributed by atoms with Gasteiger partial charge in [0.2, 0.25) is 0 Å². The van der Waals surface area contributed by atoms with Gasteiger partial charge >= 0.3 is 6.18 Å². The molecule has 1 rings (SSSR count). The highest BCUT2D eigenvalue weighted by Crippen LogP contribution is 2.12. The first-order valence-electron chi connectivity index (χ1n) is 4.45. The quantitative estimate of drug-likeness (QED) is 0.503. The van der Waals surface area contributed by atoms with E-state index >= 15 is 0 Å². The number of rotatable bonds is 4. The van der Waals surface area contributed by atoms with Gasteiger partial charge in [0, 0.05) is 12.1 Å². The van der Waals surface area contributed by atoms with Crippen molar-refractivity contribution in [2.75, 3.05) is 6.54 Å². The Labute approximate surface area is 94.1 Å². The first-order chi connectivity index (χ1) is 7.88. The first-order valence-corrected chi connectivity index (χ1v) is 4.45. The number of nitro groups is 1. The molecule has 17 heavy (non-hydrogen) atoms. The maximum absolute atomic E-state index is 11.7. The van der Waals surface area contributed by atoms with E-state index in [2.05, 4.69) is 5.10 Å². The molecular weight excluding hydrogens is 239 g/mol. The molecular formula is C9H8F3N3O2. The Bertz CT molecular complexity index is 414. The van der Waals surface area contributed by atoms with Crippen LogP contribution in [0.4, 0.5) is 18.9 Å². The van der Waals surface area contributed by atoms with Crippen molar-refractivity contribution < 1.29 is 18.1 Å². The Morgan fingerprint density at radius 1 is 1.35 bits per heavy atom. The predicted octanol–water partition coefficient (Wildman–Crippen LogP) is 2.08. The third kappa shape index (κ3) is 4.96. The van der Waals surface area contributed by atoms with E-state index in [1.807, 2.05) is 5.43 Å². The molecule has 0 atom stereocenters. The molecule has 0 aliphatic heterocycles. The number of halogens is 3. The molecule has 0 bridgehead atoms. The monoisotopic (exact) mass is 247 g/mol. The van der Waals surface area contributed by atoms with Crippen LogP contribution in [0.1, 0.15) is 5.56 Å². The third-order valence-electron chi connectivity index (χ3n) is 1.69. The van der Waals surface area contributed by atoms with Gasteiger partial charge in [-0.15, -0.1) is 0 Å². The van der Waals surface area contributed by atoms with Crippen molar-refractivity contribution in [1.29, 1.82) is 0 Å². The third-order valence-corrected chi connectivity index (χ3v) is 1.69. The molecule has 0 fully saturated rings. The first kappa shape index (κ1) is 12.9. The Hall–Kier alpha value is -2.12. The summed E-state index contributed by atoms with van der Waals surface area (Å²) in [5.41, 5.74) is 2.19. The molecule has 0 radical (unpaired) electrons. The van der Waals surface area contributed by atoms with Gasteiger partial charge in [-0.1, -0.05) is 0 Å². The highest BCUT2D eigenvalue weighted by molar-refractivity contribution is 5.79. The minimum Gasteiger partial charge on any atom is -0.301 e. The molecule has 0 aliphatic carbocycles. The van der Waals surface area contributed by atoms with Crippen molar-refractivity contribution in [2.24, 2.45) is 5.10 Å². The second-order valence-corrected chi connectivity index (χ2v) is 3.06. The normalized spacial score (nSPS) is 11.7. The molecule has 0 saturated heterocycles. The molecule has 0 unspecified atom stereocenters. The van der Waals surface area contributed by atoms with Crippen molar-refractivity contribution in [3.05, 3.63) is 39.9 Å². The summed E-state index contributed by atoms with van der Waals surface area (Å²) >= 11 is 0. The second-order valence-electron chi connectivity index (χ2n) is 3.06. The lowest BCUT2D eigenvalue weighted by Crippen LogP contribution is -2.24. The van der Waals surface area contributed by atoms with Crippen LogP contribution in [0.15, 0.2) is 29.4 Å². The van der Waals surface area contributed by atoms with Crippen LogP contribution in [-0.2, 0) is 0 Å². The largest absolute Gasteiger partial charge is 0.407 e. The molecule has 0 amide bonds. The molecule has 0 aliphatic rings. The fourth-order valence-electron chi connectivity index (χ4n) is 0.938. The maximum atomic E-state index is 11.7. The lowest BCUT2D eigenvalue weighted by atomic mass is 10.2. The van der Waals surface area contributed by atoms with Crippen LogP contribution in [0, 0.1) is 10.1 Å². The summed E-state index contributed by atoms with van der Waals surface area (Å²) in [6.45, 7) is -1.23. The van der Waals surface area contributed by atoms with Gasteiger partial charge in [0.05, 0.1) is 11.1 Å². The highest BCUT2D eigenvalue weighted by Gasteiger charge is 2.26. The van der Waals surface area contributed by atoms with E-state index in [0.717, 1.165) is 6.21 Å². The van der Waals surface area contributed by atoms with Crippen molar-refractivity contribution in [2.45, 2.75) is 6.18 Å². The summed E-state index contributed by atoms with van der Waals surface area (Å²) in [4.78, 5) is 9.75. The van der Waals surface area contributed by atoms with Crippen molar-refractivity contribution in [1.82, 2.24) is 5.43 Å². The second kappa shape index (κ2) is 5.28. The number of nitrogens with one attached hydrogen (secondary N) is 1. The van der Waals surface area contributed by atoms with E-state index in [-0.39, 0.29) is 5.69 Å². The number of hydrogen-bond donors (Lipinski definition) is 1. The molecule has 0 aromatic heterocycles. The Morgan fingerprint density at radius 2 is 1.94 bits per heavy atom. The van der Waals surface area contributed by atoms with Crippen molar-refractivity contribution >= 4 is 11.9 Å². The minimum absolute atomic E-state index is 0.0922. The van der Waals surface area contributed by atoms with Gasteiger partial charge in [-0.3, -0.25) is 10.1 Å². The molecule has 1 aromatic carbocycles. The summed E-state index contributed by atoms with van der Waals surface area (Å²) in [7, 11) is 0. The van der Waals surface area contributed by atoms with E-state index in [4.69, 9.17) is 0 Å². The van der Waals surface area contributed by atoms with E-state index in [0.29, 0.717) is 5.56 Å². The number of benzene rings is 1. The molecule has 0 heterocycles. The van der Waals surface area contributed by atoms with Gasteiger partial charge in [-0.2, -0.15) is 18.3 Å². The van der Waals surface area contributed by atoms with Crippen molar-refractivity contribution in [3.8, 4) is 0 Å². The van der Waals surface area contributed by atoms with Crippen LogP contribution >= 0.6 is 0 Å². The SMILES string of the molecule is O=[N+]([O-])c1ccc(/C=N\NCC(F)(F)F)cc1. The van der Waals surface area contributed by atoms with Crippen LogP contribution in [0.3, 0.4) is 0 Å². The summed E-state index contributed by atoms with van der Waals surface area (Å²) < 4.78 is 35.1. The van der Waals surface area contributed by atoms with Gasteiger partial charge in [0.1, 0.15) is 6.54 Å². The van der Waals surface area contributed by atoms with Crippen LogP contribution in [0.25, 0.3) is 0 Å². The summed E-state index contributed by atoms with van der Waals surface area (Å²) in [6, 6.07) is 5.25. The molecule has 0 spiro atoms. The summed E-state index contributed by atoms with van der Waals surface area (Å²) in [6.07, 6.45) is -3.18. The smallest absolute Gasteiger partial charge is 0.301 e. The van der Waals surface area contributed by atoms with Crippen LogP contribution < -0.4 is 5.43 Å². The average molecular weight is 247 g/mol. The molecule has 92 valence electrons. The lowest BCUT2D eigenvalue weighted by molar-refractivity contribution is -0.384. The number of non-ortho nitro benzene ring substituents is 1. The number of hydrogen-bond acceptors (Lipinski definition) is 4. The number of hydrazone groups is 1. The molecule has 0 saturated carbocycles. The average Bonchev–Trinajstić information content (AvgIpc) is 2.24. The van der Waals surface area contributed by atoms with Gasteiger partial charge in [0.15, 0.2) is 0 Å². The summed E-state index contributed by atoms with van der Waals surface area (Å²) in [5, 5.41) is 13.7. The Balaban J connectivity index is 2.52. The van der Waals surface area contributed by atoms with Gasteiger partial charge in [0.25, 0.3) is 5.69 Å². The van der Waals surface area contributed by atoms with Crippen LogP contribution in [0.2, 0.25) is 0 Å². The van der Waals surface area contributed by atoms with E-state index in [1.54, 1.807) is 0 Å². The van der Waals surface area contributed by atoms with E-state index in [1.165, 1.54) is 24.3 Å². The van der Waals surface area contributed by atoms with Gasteiger partial charge < -0.3 is 5.43 Å². The zero-order valence-corrected chi connectivity index (χ0v) is 8.44. The Morgan fingerprint density at radius 3 is 2.41 bits per heavy atom. The number of nitro benzene ring substituents is 1.